The molecule has 3 heterocycles. The van der Waals surface area contributed by atoms with Crippen LogP contribution in [0.4, 0.5) is 26.3 Å². The summed E-state index contributed by atoms with van der Waals surface area (Å²) in [7, 11) is 0. The molecular formula is C27H25ClF6N2O5. The summed E-state index contributed by atoms with van der Waals surface area (Å²) < 4.78 is 82.5. The molecule has 0 saturated carbocycles. The molecule has 2 aliphatic heterocycles. The fourth-order valence-electron chi connectivity index (χ4n) is 4.71. The second kappa shape index (κ2) is 11.9. The van der Waals surface area contributed by atoms with Gasteiger partial charge < -0.3 is 24.6 Å². The van der Waals surface area contributed by atoms with Crippen LogP contribution < -0.4 is 9.47 Å². The van der Waals surface area contributed by atoms with E-state index in [1.165, 1.54) is 6.07 Å². The fraction of sp³-hybridized carbons (Fsp3) is 0.407. The number of pyridine rings is 1. The number of hydrogen-bond acceptors (Lipinski definition) is 6. The number of aromatic nitrogens is 1. The van der Waals surface area contributed by atoms with Crippen LogP contribution >= 0.6 is 11.6 Å². The predicted octanol–water partition coefficient (Wildman–Crippen LogP) is 5.75. The molecule has 2 aromatic carbocycles. The van der Waals surface area contributed by atoms with E-state index in [4.69, 9.17) is 31.0 Å². The molecule has 3 aromatic rings. The van der Waals surface area contributed by atoms with E-state index in [1.807, 2.05) is 18.2 Å². The number of aliphatic carboxylic acids is 1. The minimum atomic E-state index is -5.08. The van der Waals surface area contributed by atoms with Crippen molar-refractivity contribution in [3.63, 3.8) is 0 Å². The Morgan fingerprint density at radius 3 is 2.37 bits per heavy atom. The van der Waals surface area contributed by atoms with Crippen molar-refractivity contribution in [2.75, 3.05) is 26.2 Å². The van der Waals surface area contributed by atoms with Crippen LogP contribution in [0.2, 0.25) is 5.02 Å². The first-order valence-electron chi connectivity index (χ1n) is 12.4. The third-order valence-corrected chi connectivity index (χ3v) is 6.99. The van der Waals surface area contributed by atoms with Crippen LogP contribution in [-0.4, -0.2) is 70.2 Å². The zero-order valence-corrected chi connectivity index (χ0v) is 22.1. The number of nitrogens with zero attached hydrogens (tertiary/aromatic N) is 2. The van der Waals surface area contributed by atoms with E-state index >= 15 is 0 Å². The predicted molar refractivity (Wildman–Crippen MR) is 136 cm³/mol. The van der Waals surface area contributed by atoms with Crippen LogP contribution in [0.25, 0.3) is 10.9 Å². The summed E-state index contributed by atoms with van der Waals surface area (Å²) in [5.74, 6) is -1.68. The van der Waals surface area contributed by atoms with Crippen molar-refractivity contribution in [1.82, 2.24) is 9.88 Å². The van der Waals surface area contributed by atoms with Gasteiger partial charge in [0, 0.05) is 55.4 Å². The van der Waals surface area contributed by atoms with Gasteiger partial charge in [-0.15, -0.1) is 0 Å². The second-order valence-corrected chi connectivity index (χ2v) is 10.3. The molecule has 222 valence electrons. The first-order chi connectivity index (χ1) is 19.1. The zero-order valence-electron chi connectivity index (χ0n) is 21.3. The molecular weight excluding hydrogens is 582 g/mol. The third kappa shape index (κ3) is 7.92. The minimum Gasteiger partial charge on any atom is -0.487 e. The molecule has 7 nitrogen and oxygen atoms in total. The minimum absolute atomic E-state index is 0.000445. The maximum atomic E-state index is 13.0. The van der Waals surface area contributed by atoms with Crippen LogP contribution in [0.5, 0.6) is 11.6 Å². The maximum Gasteiger partial charge on any atom is 0.490 e. The molecule has 0 aliphatic carbocycles. The molecule has 0 unspecified atom stereocenters. The number of benzene rings is 2. The topological polar surface area (TPSA) is 92.1 Å². The lowest BCUT2D eigenvalue weighted by Crippen LogP contribution is -2.49. The number of hydrogen-bond donors (Lipinski definition) is 2. The Balaban J connectivity index is 0.000000493. The van der Waals surface area contributed by atoms with Gasteiger partial charge in [-0.2, -0.15) is 26.3 Å². The summed E-state index contributed by atoms with van der Waals surface area (Å²) >= 11 is 6.11. The average molecular weight is 607 g/mol. The van der Waals surface area contributed by atoms with Crippen LogP contribution in [0.15, 0.2) is 48.5 Å². The summed E-state index contributed by atoms with van der Waals surface area (Å²) in [5.41, 5.74) is 0.363. The molecule has 0 bridgehead atoms. The maximum absolute atomic E-state index is 13.0. The second-order valence-electron chi connectivity index (χ2n) is 9.84. The van der Waals surface area contributed by atoms with Crippen LogP contribution in [0.3, 0.4) is 0 Å². The van der Waals surface area contributed by atoms with Gasteiger partial charge in [0.1, 0.15) is 24.1 Å². The monoisotopic (exact) mass is 606 g/mol. The van der Waals surface area contributed by atoms with Crippen molar-refractivity contribution in [1.29, 1.82) is 0 Å². The highest BCUT2D eigenvalue weighted by Crippen LogP contribution is 2.42. The van der Waals surface area contributed by atoms with Gasteiger partial charge in [0.25, 0.3) is 0 Å². The first-order valence-corrected chi connectivity index (χ1v) is 12.8. The number of piperidine rings is 1. The highest BCUT2D eigenvalue weighted by Gasteiger charge is 2.42. The van der Waals surface area contributed by atoms with Gasteiger partial charge in [-0.3, -0.25) is 0 Å². The van der Waals surface area contributed by atoms with Crippen molar-refractivity contribution in [3.8, 4) is 11.6 Å². The lowest BCUT2D eigenvalue weighted by molar-refractivity contribution is -0.192. The van der Waals surface area contributed by atoms with E-state index in [1.54, 1.807) is 12.1 Å². The smallest absolute Gasteiger partial charge is 0.487 e. The van der Waals surface area contributed by atoms with E-state index < -0.39 is 30.0 Å². The molecule has 5 rings (SSSR count). The lowest BCUT2D eigenvalue weighted by atomic mass is 9.87. The Labute approximate surface area is 235 Å². The standard InChI is InChI=1S/C25H24ClF3N2O3.C2HF3O2/c26-19-4-5-22-17(11-19)13-24(34-22)7-9-31(10-8-24)14-20(32)15-33-23-6-2-16-1-3-18(25(27,28)29)12-21(16)30-23;3-2(4,5)1(6)7/h1-6,11-12,20,32H,7-10,13-15H2;(H,6,7)/t20-;/m0./s1. The highest BCUT2D eigenvalue weighted by atomic mass is 35.5. The van der Waals surface area contributed by atoms with Gasteiger partial charge in [-0.05, 0) is 42.0 Å². The third-order valence-electron chi connectivity index (χ3n) is 6.76. The molecule has 0 amide bonds. The van der Waals surface area contributed by atoms with Crippen molar-refractivity contribution in [2.24, 2.45) is 0 Å². The SMILES string of the molecule is O=C(O)C(F)(F)F.O[C@H](COc1ccc2ccc(C(F)(F)F)cc2n1)CN1CCC2(CC1)Cc1cc(Cl)ccc1O2. The molecule has 41 heavy (non-hydrogen) atoms. The number of rotatable bonds is 5. The quantitative estimate of drug-likeness (QED) is 0.358. The molecule has 2 N–H and O–H groups in total. The van der Waals surface area contributed by atoms with Crippen molar-refractivity contribution in [2.45, 2.75) is 43.3 Å². The number of β-amino-alcohol motifs (C(OH)–C–C–N with tert-alkyl or cyclic N) is 1. The van der Waals surface area contributed by atoms with E-state index in [2.05, 4.69) is 9.88 Å². The molecule has 1 spiro atoms. The van der Waals surface area contributed by atoms with Crippen LogP contribution in [0.1, 0.15) is 24.0 Å². The Kier molecular flexibility index (Phi) is 8.90. The van der Waals surface area contributed by atoms with Gasteiger partial charge in [0.2, 0.25) is 5.88 Å². The number of halogens is 7. The van der Waals surface area contributed by atoms with Gasteiger partial charge in [-0.25, -0.2) is 9.78 Å². The number of ether oxygens (including phenoxy) is 2. The number of fused-ring (bicyclic) bond motifs is 2. The Bertz CT molecular complexity index is 1390. The summed E-state index contributed by atoms with van der Waals surface area (Å²) in [6.45, 7) is 2.00. The lowest BCUT2D eigenvalue weighted by Gasteiger charge is -2.39. The Hall–Kier alpha value is -3.29. The number of alkyl halides is 6. The summed E-state index contributed by atoms with van der Waals surface area (Å²) in [5, 5.41) is 18.9. The molecule has 0 radical (unpaired) electrons. The molecule has 1 atom stereocenters. The van der Waals surface area contributed by atoms with Gasteiger partial charge in [0.05, 0.1) is 11.1 Å². The highest BCUT2D eigenvalue weighted by molar-refractivity contribution is 6.30. The van der Waals surface area contributed by atoms with E-state index in [0.717, 1.165) is 55.8 Å². The zero-order chi connectivity index (χ0) is 30.0. The Morgan fingerprint density at radius 2 is 1.73 bits per heavy atom. The number of carbonyl (C=O) groups is 1. The molecule has 1 saturated heterocycles. The van der Waals surface area contributed by atoms with Crippen molar-refractivity contribution >= 4 is 28.5 Å². The van der Waals surface area contributed by atoms with Crippen LogP contribution in [0, 0.1) is 0 Å². The van der Waals surface area contributed by atoms with Crippen LogP contribution in [-0.2, 0) is 17.4 Å². The molecule has 1 fully saturated rings. The van der Waals surface area contributed by atoms with E-state index in [-0.39, 0.29) is 23.6 Å². The fourth-order valence-corrected chi connectivity index (χ4v) is 4.91. The van der Waals surface area contributed by atoms with Gasteiger partial charge >= 0.3 is 18.3 Å². The number of carboxylic acids is 1. The number of aliphatic hydroxyl groups is 1. The molecule has 1 aromatic heterocycles. The molecule has 14 heteroatoms. The number of likely N-dealkylation sites (tertiary alicyclic amines) is 1. The van der Waals surface area contributed by atoms with Gasteiger partial charge in [0.15, 0.2) is 0 Å². The first kappa shape index (κ1) is 30.7. The van der Waals surface area contributed by atoms with E-state index in [9.17, 15) is 31.4 Å². The van der Waals surface area contributed by atoms with Crippen molar-refractivity contribution in [3.05, 3.63) is 64.7 Å². The summed E-state index contributed by atoms with van der Waals surface area (Å²) in [6, 6.07) is 12.4. The number of aliphatic hydroxyl groups excluding tert-OH is 1. The van der Waals surface area contributed by atoms with E-state index in [0.29, 0.717) is 17.0 Å². The summed E-state index contributed by atoms with van der Waals surface area (Å²) in [6.07, 6.45) is -7.74. The van der Waals surface area contributed by atoms with Crippen molar-refractivity contribution < 1.29 is 50.8 Å². The van der Waals surface area contributed by atoms with Gasteiger partial charge in [-0.1, -0.05) is 17.7 Å². The Morgan fingerprint density at radius 1 is 1.07 bits per heavy atom. The molecule has 2 aliphatic rings. The summed E-state index contributed by atoms with van der Waals surface area (Å²) in [4.78, 5) is 15.2. The average Bonchev–Trinajstić information content (AvgIpc) is 3.24. The largest absolute Gasteiger partial charge is 0.490 e. The normalized spacial score (nSPS) is 17.4. The number of carboxylic acid groups (broad SMARTS) is 1.